The normalized spacial score (nSPS) is 16.1. The SMILES string of the molecule is COCCCNc1nc2nonc2nc1NC1CCc2ccccc21. The minimum absolute atomic E-state index is 0.210. The fraction of sp³-hybridized carbons (Fsp3) is 0.412. The van der Waals surface area contributed by atoms with Crippen molar-refractivity contribution in [2.24, 2.45) is 0 Å². The predicted molar refractivity (Wildman–Crippen MR) is 93.5 cm³/mol. The van der Waals surface area contributed by atoms with E-state index in [0.29, 0.717) is 29.5 Å². The molecule has 2 N–H and O–H groups in total. The summed E-state index contributed by atoms with van der Waals surface area (Å²) in [5.41, 5.74) is 3.49. The van der Waals surface area contributed by atoms with Crippen LogP contribution in [0.15, 0.2) is 28.9 Å². The third-order valence-electron chi connectivity index (χ3n) is 4.38. The zero-order chi connectivity index (χ0) is 17.1. The number of anilines is 2. The fourth-order valence-electron chi connectivity index (χ4n) is 3.16. The molecule has 4 rings (SSSR count). The molecule has 0 amide bonds. The zero-order valence-electron chi connectivity index (χ0n) is 14.0. The molecule has 3 aromatic rings. The van der Waals surface area contributed by atoms with E-state index in [1.807, 2.05) is 0 Å². The fourth-order valence-corrected chi connectivity index (χ4v) is 3.16. The Bertz CT molecular complexity index is 865. The number of methoxy groups -OCH3 is 1. The predicted octanol–water partition coefficient (Wildman–Crippen LogP) is 2.56. The Kier molecular flexibility index (Phi) is 4.43. The second kappa shape index (κ2) is 7.02. The molecule has 1 unspecified atom stereocenters. The lowest BCUT2D eigenvalue weighted by atomic mass is 10.1. The van der Waals surface area contributed by atoms with Crippen LogP contribution in [0.25, 0.3) is 11.3 Å². The summed E-state index contributed by atoms with van der Waals surface area (Å²) in [6.45, 7) is 1.42. The molecule has 1 atom stereocenters. The maximum Gasteiger partial charge on any atom is 0.245 e. The van der Waals surface area contributed by atoms with E-state index in [2.05, 4.69) is 55.2 Å². The van der Waals surface area contributed by atoms with Crippen molar-refractivity contribution in [2.45, 2.75) is 25.3 Å². The molecule has 0 radical (unpaired) electrons. The van der Waals surface area contributed by atoms with Crippen LogP contribution in [0.5, 0.6) is 0 Å². The summed E-state index contributed by atoms with van der Waals surface area (Å²) in [5, 5.41) is 14.4. The summed E-state index contributed by atoms with van der Waals surface area (Å²) in [4.78, 5) is 9.02. The first-order chi connectivity index (χ1) is 12.3. The van der Waals surface area contributed by atoms with Crippen LogP contribution in [-0.2, 0) is 11.2 Å². The van der Waals surface area contributed by atoms with Gasteiger partial charge in [-0.2, -0.15) is 0 Å². The lowest BCUT2D eigenvalue weighted by Crippen LogP contribution is -2.14. The van der Waals surface area contributed by atoms with Crippen LogP contribution in [0.4, 0.5) is 11.6 Å². The van der Waals surface area contributed by atoms with E-state index in [9.17, 15) is 0 Å². The Morgan fingerprint density at radius 1 is 1.16 bits per heavy atom. The Labute approximate surface area is 145 Å². The third kappa shape index (κ3) is 3.25. The van der Waals surface area contributed by atoms with E-state index in [0.717, 1.165) is 25.8 Å². The highest BCUT2D eigenvalue weighted by atomic mass is 16.6. The molecule has 0 saturated carbocycles. The van der Waals surface area contributed by atoms with Gasteiger partial charge in [0.15, 0.2) is 11.6 Å². The van der Waals surface area contributed by atoms with Crippen LogP contribution < -0.4 is 10.6 Å². The lowest BCUT2D eigenvalue weighted by Gasteiger charge is -2.17. The first-order valence-corrected chi connectivity index (χ1v) is 8.42. The highest BCUT2D eigenvalue weighted by Crippen LogP contribution is 2.34. The van der Waals surface area contributed by atoms with Gasteiger partial charge in [0, 0.05) is 20.3 Å². The molecule has 2 heterocycles. The van der Waals surface area contributed by atoms with Crippen molar-refractivity contribution in [1.29, 1.82) is 0 Å². The summed E-state index contributed by atoms with van der Waals surface area (Å²) in [6, 6.07) is 8.70. The topological polar surface area (TPSA) is 98.0 Å². The first-order valence-electron chi connectivity index (χ1n) is 8.42. The zero-order valence-corrected chi connectivity index (χ0v) is 14.0. The number of nitrogens with zero attached hydrogens (tertiary/aromatic N) is 4. The largest absolute Gasteiger partial charge is 0.385 e. The molecular weight excluding hydrogens is 320 g/mol. The number of rotatable bonds is 7. The van der Waals surface area contributed by atoms with Gasteiger partial charge in [0.2, 0.25) is 11.3 Å². The van der Waals surface area contributed by atoms with Crippen molar-refractivity contribution in [2.75, 3.05) is 30.9 Å². The summed E-state index contributed by atoms with van der Waals surface area (Å²) in [6.07, 6.45) is 2.96. The van der Waals surface area contributed by atoms with Gasteiger partial charge in [-0.25, -0.2) is 14.6 Å². The van der Waals surface area contributed by atoms with Crippen molar-refractivity contribution in [3.8, 4) is 0 Å². The molecule has 8 heteroatoms. The maximum absolute atomic E-state index is 5.09. The summed E-state index contributed by atoms with van der Waals surface area (Å²) in [7, 11) is 1.69. The second-order valence-electron chi connectivity index (χ2n) is 6.04. The average molecular weight is 340 g/mol. The highest BCUT2D eigenvalue weighted by molar-refractivity contribution is 5.73. The summed E-state index contributed by atoms with van der Waals surface area (Å²) < 4.78 is 9.83. The second-order valence-corrected chi connectivity index (χ2v) is 6.04. The molecule has 8 nitrogen and oxygen atoms in total. The van der Waals surface area contributed by atoms with Gasteiger partial charge in [-0.3, -0.25) is 0 Å². The van der Waals surface area contributed by atoms with Gasteiger partial charge in [-0.1, -0.05) is 24.3 Å². The maximum atomic E-state index is 5.09. The Morgan fingerprint density at radius 2 is 1.96 bits per heavy atom. The van der Waals surface area contributed by atoms with Crippen LogP contribution in [0.2, 0.25) is 0 Å². The van der Waals surface area contributed by atoms with Crippen LogP contribution in [0.1, 0.15) is 30.0 Å². The molecule has 1 aliphatic rings. The lowest BCUT2D eigenvalue weighted by molar-refractivity contribution is 0.198. The van der Waals surface area contributed by atoms with Gasteiger partial charge in [0.05, 0.1) is 6.04 Å². The molecule has 130 valence electrons. The number of aryl methyl sites for hydroxylation is 1. The number of hydrogen-bond acceptors (Lipinski definition) is 8. The van der Waals surface area contributed by atoms with Gasteiger partial charge in [-0.05, 0) is 40.7 Å². The number of nitrogens with one attached hydrogen (secondary N) is 2. The van der Waals surface area contributed by atoms with Gasteiger partial charge < -0.3 is 15.4 Å². The minimum Gasteiger partial charge on any atom is -0.385 e. The van der Waals surface area contributed by atoms with Crippen LogP contribution in [0, 0.1) is 0 Å². The number of aromatic nitrogens is 4. The standard InChI is InChI=1S/C17H20N6O2/c1-24-10-4-9-18-14-15(21-17-16(20-14)22-25-23-17)19-13-8-7-11-5-2-3-6-12(11)13/h2-3,5-6,13H,4,7-10H2,1H3,(H,18,20,22)(H,19,21,23). The number of fused-ring (bicyclic) bond motifs is 2. The molecule has 1 aromatic carbocycles. The molecule has 2 aromatic heterocycles. The van der Waals surface area contributed by atoms with Crippen LogP contribution in [0.3, 0.4) is 0 Å². The van der Waals surface area contributed by atoms with E-state index < -0.39 is 0 Å². The van der Waals surface area contributed by atoms with E-state index >= 15 is 0 Å². The van der Waals surface area contributed by atoms with Crippen molar-refractivity contribution in [3.63, 3.8) is 0 Å². The molecule has 0 aliphatic heterocycles. The number of benzene rings is 1. The summed E-state index contributed by atoms with van der Waals surface area (Å²) >= 11 is 0. The molecule has 0 spiro atoms. The van der Waals surface area contributed by atoms with Crippen molar-refractivity contribution >= 4 is 22.9 Å². The highest BCUT2D eigenvalue weighted by Gasteiger charge is 2.24. The van der Waals surface area contributed by atoms with E-state index in [-0.39, 0.29) is 6.04 Å². The van der Waals surface area contributed by atoms with Gasteiger partial charge in [-0.15, -0.1) is 0 Å². The average Bonchev–Trinajstić information content (AvgIpc) is 3.25. The molecule has 0 bridgehead atoms. The van der Waals surface area contributed by atoms with E-state index in [4.69, 9.17) is 9.37 Å². The van der Waals surface area contributed by atoms with E-state index in [1.54, 1.807) is 7.11 Å². The number of hydrogen-bond donors (Lipinski definition) is 2. The third-order valence-corrected chi connectivity index (χ3v) is 4.38. The van der Waals surface area contributed by atoms with Gasteiger partial charge >= 0.3 is 0 Å². The molecule has 1 aliphatic carbocycles. The quantitative estimate of drug-likeness (QED) is 0.633. The van der Waals surface area contributed by atoms with Crippen LogP contribution in [-0.4, -0.2) is 40.5 Å². The van der Waals surface area contributed by atoms with E-state index in [1.165, 1.54) is 11.1 Å². The minimum atomic E-state index is 0.210. The molecule has 0 saturated heterocycles. The monoisotopic (exact) mass is 340 g/mol. The molecule has 25 heavy (non-hydrogen) atoms. The van der Waals surface area contributed by atoms with Gasteiger partial charge in [0.25, 0.3) is 0 Å². The van der Waals surface area contributed by atoms with Crippen molar-refractivity contribution in [1.82, 2.24) is 20.3 Å². The Morgan fingerprint density at radius 3 is 2.80 bits per heavy atom. The first kappa shape index (κ1) is 15.8. The number of ether oxygens (including phenoxy) is 1. The molecule has 0 fully saturated rings. The van der Waals surface area contributed by atoms with Gasteiger partial charge in [0.1, 0.15) is 0 Å². The van der Waals surface area contributed by atoms with Crippen molar-refractivity contribution < 1.29 is 9.37 Å². The smallest absolute Gasteiger partial charge is 0.245 e. The molecular formula is C17H20N6O2. The Hall–Kier alpha value is -2.74. The van der Waals surface area contributed by atoms with Crippen molar-refractivity contribution in [3.05, 3.63) is 35.4 Å². The summed E-state index contributed by atoms with van der Waals surface area (Å²) in [5.74, 6) is 1.33. The Balaban J connectivity index is 1.59. The van der Waals surface area contributed by atoms with Crippen LogP contribution >= 0.6 is 0 Å².